The third-order valence-electron chi connectivity index (χ3n) is 4.07. The number of anilines is 1. The molecule has 1 aromatic carbocycles. The molecule has 1 fully saturated rings. The number of morpholine rings is 1. The third kappa shape index (κ3) is 4.22. The van der Waals surface area contributed by atoms with Crippen molar-refractivity contribution in [3.63, 3.8) is 0 Å². The van der Waals surface area contributed by atoms with Crippen molar-refractivity contribution < 1.29 is 4.74 Å². The fraction of sp³-hybridized carbons (Fsp3) is 0.294. The Bertz CT molecular complexity index is 984. The van der Waals surface area contributed by atoms with E-state index in [4.69, 9.17) is 39.5 Å². The van der Waals surface area contributed by atoms with Gasteiger partial charge in [-0.3, -0.25) is 0 Å². The predicted molar refractivity (Wildman–Crippen MR) is 109 cm³/mol. The first-order valence-corrected chi connectivity index (χ1v) is 10.3. The Morgan fingerprint density at radius 2 is 1.81 bits per heavy atom. The smallest absolute Gasteiger partial charge is 0.225 e. The van der Waals surface area contributed by atoms with E-state index in [1.54, 1.807) is 6.07 Å². The van der Waals surface area contributed by atoms with Crippen molar-refractivity contribution in [2.45, 2.75) is 10.8 Å². The summed E-state index contributed by atoms with van der Waals surface area (Å²) in [4.78, 5) is 19.7. The number of benzene rings is 1. The van der Waals surface area contributed by atoms with Crippen LogP contribution in [0.4, 0.5) is 5.82 Å². The molecule has 0 N–H and O–H groups in total. The van der Waals surface area contributed by atoms with Crippen LogP contribution in [0.1, 0.15) is 5.56 Å². The van der Waals surface area contributed by atoms with Crippen LogP contribution in [0.15, 0.2) is 29.6 Å². The van der Waals surface area contributed by atoms with Crippen LogP contribution in [-0.2, 0) is 10.5 Å². The van der Waals surface area contributed by atoms with Crippen LogP contribution in [-0.4, -0.2) is 46.2 Å². The molecule has 1 aliphatic rings. The van der Waals surface area contributed by atoms with Crippen molar-refractivity contribution in [1.82, 2.24) is 19.9 Å². The molecule has 0 saturated carbocycles. The fourth-order valence-electron chi connectivity index (χ4n) is 2.77. The molecule has 0 amide bonds. The van der Waals surface area contributed by atoms with Crippen LogP contribution >= 0.6 is 46.6 Å². The molecule has 6 nitrogen and oxygen atoms in total. The van der Waals surface area contributed by atoms with Crippen LogP contribution in [0.5, 0.6) is 0 Å². The highest BCUT2D eigenvalue weighted by Gasteiger charge is 2.20. The molecule has 3 aromatic rings. The van der Waals surface area contributed by atoms with Gasteiger partial charge in [0.2, 0.25) is 5.28 Å². The van der Waals surface area contributed by atoms with E-state index >= 15 is 0 Å². The van der Waals surface area contributed by atoms with Gasteiger partial charge in [-0.05, 0) is 29.3 Å². The summed E-state index contributed by atoms with van der Waals surface area (Å²) in [5.41, 5.74) is 2.37. The lowest BCUT2D eigenvalue weighted by Gasteiger charge is -2.28. The van der Waals surface area contributed by atoms with Gasteiger partial charge in [0.1, 0.15) is 22.4 Å². The molecule has 0 atom stereocenters. The lowest BCUT2D eigenvalue weighted by molar-refractivity contribution is 0.122. The van der Waals surface area contributed by atoms with Crippen molar-refractivity contribution in [2.75, 3.05) is 31.2 Å². The molecular weight excluding hydrogens is 429 g/mol. The van der Waals surface area contributed by atoms with Crippen molar-refractivity contribution in [2.24, 2.45) is 0 Å². The molecule has 3 heterocycles. The number of thioether (sulfide) groups is 1. The van der Waals surface area contributed by atoms with Gasteiger partial charge in [-0.2, -0.15) is 4.98 Å². The maximum absolute atomic E-state index is 6.19. The summed E-state index contributed by atoms with van der Waals surface area (Å²) in [6, 6.07) is 5.57. The lowest BCUT2D eigenvalue weighted by Crippen LogP contribution is -2.37. The Morgan fingerprint density at radius 3 is 2.59 bits per heavy atom. The molecule has 4 rings (SSSR count). The Morgan fingerprint density at radius 1 is 1.00 bits per heavy atom. The minimum Gasteiger partial charge on any atom is -0.378 e. The minimum absolute atomic E-state index is 0.176. The fourth-order valence-corrected chi connectivity index (χ4v) is 4.14. The largest absolute Gasteiger partial charge is 0.378 e. The van der Waals surface area contributed by atoms with Crippen LogP contribution in [0.3, 0.4) is 0 Å². The Kier molecular flexibility index (Phi) is 5.85. The predicted octanol–water partition coefficient (Wildman–Crippen LogP) is 4.51. The molecule has 0 radical (unpaired) electrons. The van der Waals surface area contributed by atoms with Crippen LogP contribution < -0.4 is 4.90 Å². The average molecular weight is 443 g/mol. The van der Waals surface area contributed by atoms with E-state index < -0.39 is 0 Å². The zero-order chi connectivity index (χ0) is 18.8. The molecule has 27 heavy (non-hydrogen) atoms. The number of ether oxygens (including phenoxy) is 1. The number of rotatable bonds is 4. The van der Waals surface area contributed by atoms with Crippen LogP contribution in [0.2, 0.25) is 15.3 Å². The molecular formula is C17H14Cl3N5OS. The van der Waals surface area contributed by atoms with Gasteiger partial charge in [-0.25, -0.2) is 15.0 Å². The Labute approximate surface area is 175 Å². The van der Waals surface area contributed by atoms with E-state index in [2.05, 4.69) is 24.8 Å². The zero-order valence-electron chi connectivity index (χ0n) is 14.0. The Balaban J connectivity index is 1.66. The van der Waals surface area contributed by atoms with Gasteiger partial charge >= 0.3 is 0 Å². The second kappa shape index (κ2) is 8.32. The highest BCUT2D eigenvalue weighted by molar-refractivity contribution is 7.98. The van der Waals surface area contributed by atoms with Gasteiger partial charge < -0.3 is 9.64 Å². The minimum atomic E-state index is 0.176. The topological polar surface area (TPSA) is 64.0 Å². The second-order valence-corrected chi connectivity index (χ2v) is 7.95. The van der Waals surface area contributed by atoms with E-state index in [0.717, 1.165) is 23.7 Å². The molecule has 0 spiro atoms. The first kappa shape index (κ1) is 19.0. The molecule has 0 unspecified atom stereocenters. The Hall–Kier alpha value is -1.38. The quantitative estimate of drug-likeness (QED) is 0.334. The van der Waals surface area contributed by atoms with Crippen molar-refractivity contribution in [3.8, 4) is 0 Å². The van der Waals surface area contributed by atoms with E-state index in [9.17, 15) is 0 Å². The summed E-state index contributed by atoms with van der Waals surface area (Å²) >= 11 is 19.8. The number of fused-ring (bicyclic) bond motifs is 1. The van der Waals surface area contributed by atoms with E-state index in [1.807, 2.05) is 12.1 Å². The van der Waals surface area contributed by atoms with Gasteiger partial charge in [-0.1, -0.05) is 41.0 Å². The van der Waals surface area contributed by atoms with Crippen LogP contribution in [0, 0.1) is 0 Å². The van der Waals surface area contributed by atoms with Crippen molar-refractivity contribution in [1.29, 1.82) is 0 Å². The summed E-state index contributed by atoms with van der Waals surface area (Å²) in [5, 5.41) is 1.98. The molecule has 0 aliphatic carbocycles. The van der Waals surface area contributed by atoms with Crippen LogP contribution in [0.25, 0.3) is 11.0 Å². The summed E-state index contributed by atoms with van der Waals surface area (Å²) in [6.45, 7) is 2.76. The van der Waals surface area contributed by atoms with Crippen molar-refractivity contribution in [3.05, 3.63) is 45.4 Å². The SMILES string of the molecule is Clc1nc(N2CCOCC2)c2ncnc(SCc3ccc(Cl)c(Cl)c3)c2n1. The monoisotopic (exact) mass is 441 g/mol. The maximum Gasteiger partial charge on any atom is 0.225 e. The number of hydrogen-bond acceptors (Lipinski definition) is 7. The molecule has 140 valence electrons. The molecule has 1 saturated heterocycles. The normalized spacial score (nSPS) is 14.7. The zero-order valence-corrected chi connectivity index (χ0v) is 17.1. The summed E-state index contributed by atoms with van der Waals surface area (Å²) < 4.78 is 5.42. The first-order chi connectivity index (χ1) is 13.1. The molecule has 0 bridgehead atoms. The first-order valence-electron chi connectivity index (χ1n) is 8.19. The number of halogens is 3. The molecule has 1 aliphatic heterocycles. The summed E-state index contributed by atoms with van der Waals surface area (Å²) in [5.74, 6) is 1.38. The third-order valence-corrected chi connectivity index (χ3v) is 6.03. The summed E-state index contributed by atoms with van der Waals surface area (Å²) in [6.07, 6.45) is 1.53. The number of aromatic nitrogens is 4. The van der Waals surface area contributed by atoms with Crippen molar-refractivity contribution >= 4 is 63.4 Å². The van der Waals surface area contributed by atoms with Gasteiger partial charge in [0.25, 0.3) is 0 Å². The number of nitrogens with zero attached hydrogens (tertiary/aromatic N) is 5. The maximum atomic E-state index is 6.19. The van der Waals surface area contributed by atoms with Gasteiger partial charge in [-0.15, -0.1) is 0 Å². The van der Waals surface area contributed by atoms with E-state index in [0.29, 0.717) is 45.9 Å². The number of hydrogen-bond donors (Lipinski definition) is 0. The second-order valence-electron chi connectivity index (χ2n) is 5.83. The molecule has 2 aromatic heterocycles. The highest BCUT2D eigenvalue weighted by Crippen LogP contribution is 2.32. The average Bonchev–Trinajstić information content (AvgIpc) is 2.69. The molecule has 10 heteroatoms. The standard InChI is InChI=1S/C17H14Cl3N5OS/c18-11-2-1-10(7-12(11)19)8-27-16-14-13(21-9-22-16)15(24-17(20)23-14)25-3-5-26-6-4-25/h1-2,7,9H,3-6,8H2. The lowest BCUT2D eigenvalue weighted by atomic mass is 10.2. The highest BCUT2D eigenvalue weighted by atomic mass is 35.5. The van der Waals surface area contributed by atoms with Gasteiger partial charge in [0.15, 0.2) is 5.82 Å². The van der Waals surface area contributed by atoms with E-state index in [1.165, 1.54) is 18.1 Å². The van der Waals surface area contributed by atoms with E-state index in [-0.39, 0.29) is 5.28 Å². The van der Waals surface area contributed by atoms with Gasteiger partial charge in [0.05, 0.1) is 23.3 Å². The van der Waals surface area contributed by atoms with Gasteiger partial charge in [0, 0.05) is 18.8 Å². The summed E-state index contributed by atoms with van der Waals surface area (Å²) in [7, 11) is 0.